The molecule has 1 saturated heterocycles. The van der Waals surface area contributed by atoms with Gasteiger partial charge in [0.25, 0.3) is 0 Å². The maximum Gasteiger partial charge on any atom is 0.338 e. The number of esters is 1. The van der Waals surface area contributed by atoms with Gasteiger partial charge in [0, 0.05) is 30.0 Å². The molecule has 2 aromatic carbocycles. The zero-order valence-corrected chi connectivity index (χ0v) is 19.7. The summed E-state index contributed by atoms with van der Waals surface area (Å²) in [4.78, 5) is 17.1. The standard InChI is InChI=1S/C26H28ClNO5/c1-3-30-25(29)26(13-5-14-32-26)17-19-8-10-22(11-9-19)31-15-12-23-18(2)33-24(28-23)20-6-4-7-21(27)16-20/h4,6-11,16H,3,5,12-15,17H2,1-2H3. The van der Waals surface area contributed by atoms with Crippen molar-refractivity contribution >= 4 is 17.6 Å². The lowest BCUT2D eigenvalue weighted by Crippen LogP contribution is -2.41. The van der Waals surface area contributed by atoms with E-state index in [0.717, 1.165) is 34.8 Å². The molecule has 0 radical (unpaired) electrons. The molecule has 2 heterocycles. The number of carbonyl (C=O) groups is 1. The highest BCUT2D eigenvalue weighted by atomic mass is 35.5. The zero-order valence-electron chi connectivity index (χ0n) is 18.9. The van der Waals surface area contributed by atoms with E-state index in [1.807, 2.05) is 62.4 Å². The largest absolute Gasteiger partial charge is 0.493 e. The van der Waals surface area contributed by atoms with Gasteiger partial charge in [0.2, 0.25) is 5.89 Å². The van der Waals surface area contributed by atoms with E-state index in [1.54, 1.807) is 0 Å². The van der Waals surface area contributed by atoms with E-state index in [4.69, 9.17) is 30.2 Å². The summed E-state index contributed by atoms with van der Waals surface area (Å²) < 4.78 is 22.8. The molecule has 6 nitrogen and oxygen atoms in total. The predicted octanol–water partition coefficient (Wildman–Crippen LogP) is 5.58. The molecule has 0 saturated carbocycles. The molecular formula is C26H28ClNO5. The Morgan fingerprint density at radius 2 is 2.03 bits per heavy atom. The summed E-state index contributed by atoms with van der Waals surface area (Å²) in [6, 6.07) is 15.2. The van der Waals surface area contributed by atoms with Crippen molar-refractivity contribution in [3.05, 3.63) is 70.6 Å². The molecule has 0 N–H and O–H groups in total. The Labute approximate surface area is 198 Å². The van der Waals surface area contributed by atoms with Gasteiger partial charge in [-0.3, -0.25) is 0 Å². The molecule has 0 amide bonds. The van der Waals surface area contributed by atoms with Crippen LogP contribution < -0.4 is 4.74 Å². The Hall–Kier alpha value is -2.83. The third-order valence-corrected chi connectivity index (χ3v) is 5.97. The van der Waals surface area contributed by atoms with Crippen LogP contribution in [0.1, 0.15) is 36.8 Å². The number of hydrogen-bond acceptors (Lipinski definition) is 6. The van der Waals surface area contributed by atoms with Gasteiger partial charge >= 0.3 is 5.97 Å². The summed E-state index contributed by atoms with van der Waals surface area (Å²) in [6.07, 6.45) is 2.66. The molecule has 1 aromatic heterocycles. The summed E-state index contributed by atoms with van der Waals surface area (Å²) in [7, 11) is 0. The summed E-state index contributed by atoms with van der Waals surface area (Å²) in [5, 5.41) is 0.643. The van der Waals surface area contributed by atoms with E-state index in [-0.39, 0.29) is 5.97 Å². The number of ether oxygens (including phenoxy) is 3. The smallest absolute Gasteiger partial charge is 0.338 e. The highest BCUT2D eigenvalue weighted by molar-refractivity contribution is 6.30. The van der Waals surface area contributed by atoms with Gasteiger partial charge in [0.15, 0.2) is 5.60 Å². The molecule has 0 bridgehead atoms. The molecule has 1 aliphatic heterocycles. The first kappa shape index (κ1) is 23.3. The van der Waals surface area contributed by atoms with Gasteiger partial charge in [-0.2, -0.15) is 0 Å². The van der Waals surface area contributed by atoms with Crippen LogP contribution in [0.4, 0.5) is 0 Å². The van der Waals surface area contributed by atoms with Crippen LogP contribution in [-0.2, 0) is 27.1 Å². The highest BCUT2D eigenvalue weighted by Gasteiger charge is 2.44. The van der Waals surface area contributed by atoms with Crippen molar-refractivity contribution in [2.45, 2.75) is 45.1 Å². The molecule has 174 valence electrons. The number of benzene rings is 2. The van der Waals surface area contributed by atoms with Crippen LogP contribution in [0.2, 0.25) is 5.02 Å². The van der Waals surface area contributed by atoms with E-state index in [0.29, 0.717) is 50.0 Å². The lowest BCUT2D eigenvalue weighted by molar-refractivity contribution is -0.166. The Morgan fingerprint density at radius 1 is 1.21 bits per heavy atom. The lowest BCUT2D eigenvalue weighted by Gasteiger charge is -2.26. The third-order valence-electron chi connectivity index (χ3n) is 5.74. The Balaban J connectivity index is 1.33. The van der Waals surface area contributed by atoms with Crippen molar-refractivity contribution in [2.75, 3.05) is 19.8 Å². The normalized spacial score (nSPS) is 17.8. The summed E-state index contributed by atoms with van der Waals surface area (Å²) >= 11 is 6.07. The average Bonchev–Trinajstić information content (AvgIpc) is 3.43. The second-order valence-electron chi connectivity index (χ2n) is 8.12. The van der Waals surface area contributed by atoms with E-state index < -0.39 is 5.60 Å². The molecule has 1 aliphatic rings. The first-order valence-corrected chi connectivity index (χ1v) is 11.6. The Morgan fingerprint density at radius 3 is 2.73 bits per heavy atom. The van der Waals surface area contributed by atoms with Crippen LogP contribution in [0.5, 0.6) is 5.75 Å². The minimum Gasteiger partial charge on any atom is -0.493 e. The van der Waals surface area contributed by atoms with E-state index in [9.17, 15) is 4.79 Å². The summed E-state index contributed by atoms with van der Waals surface area (Å²) in [5.74, 6) is 1.80. The Bertz CT molecular complexity index is 1090. The summed E-state index contributed by atoms with van der Waals surface area (Å²) in [6.45, 7) is 5.11. The van der Waals surface area contributed by atoms with Gasteiger partial charge in [-0.25, -0.2) is 9.78 Å². The van der Waals surface area contributed by atoms with E-state index >= 15 is 0 Å². The Kier molecular flexibility index (Phi) is 7.36. The minimum atomic E-state index is -0.871. The van der Waals surface area contributed by atoms with E-state index in [2.05, 4.69) is 4.98 Å². The average molecular weight is 470 g/mol. The second-order valence-corrected chi connectivity index (χ2v) is 8.55. The van der Waals surface area contributed by atoms with Crippen LogP contribution >= 0.6 is 11.6 Å². The van der Waals surface area contributed by atoms with Gasteiger partial charge in [0.1, 0.15) is 11.5 Å². The monoisotopic (exact) mass is 469 g/mol. The topological polar surface area (TPSA) is 70.8 Å². The molecule has 0 spiro atoms. The SMILES string of the molecule is CCOC(=O)C1(Cc2ccc(OCCc3nc(-c4cccc(Cl)c4)oc3C)cc2)CCCO1. The number of carbonyl (C=O) groups excluding carboxylic acids is 1. The van der Waals surface area contributed by atoms with Gasteiger partial charge in [-0.15, -0.1) is 0 Å². The molecule has 33 heavy (non-hydrogen) atoms. The lowest BCUT2D eigenvalue weighted by atomic mass is 9.91. The van der Waals surface area contributed by atoms with Gasteiger partial charge in [0.05, 0.1) is 18.9 Å². The molecular weight excluding hydrogens is 442 g/mol. The van der Waals surface area contributed by atoms with Gasteiger partial charge in [-0.1, -0.05) is 29.8 Å². The highest BCUT2D eigenvalue weighted by Crippen LogP contribution is 2.32. The fourth-order valence-electron chi connectivity index (χ4n) is 4.04. The van der Waals surface area contributed by atoms with Crippen LogP contribution in [0, 0.1) is 6.92 Å². The molecule has 3 aromatic rings. The number of oxazole rings is 1. The van der Waals surface area contributed by atoms with Crippen LogP contribution in [0.3, 0.4) is 0 Å². The molecule has 0 aliphatic carbocycles. The molecule has 1 unspecified atom stereocenters. The zero-order chi connectivity index (χ0) is 23.3. The van der Waals surface area contributed by atoms with Crippen molar-refractivity contribution in [1.29, 1.82) is 0 Å². The molecule has 1 atom stereocenters. The van der Waals surface area contributed by atoms with Crippen molar-refractivity contribution in [3.63, 3.8) is 0 Å². The molecule has 7 heteroatoms. The number of aromatic nitrogens is 1. The number of hydrogen-bond donors (Lipinski definition) is 0. The van der Waals surface area contributed by atoms with Gasteiger partial charge in [-0.05, 0) is 62.6 Å². The minimum absolute atomic E-state index is 0.275. The first-order chi connectivity index (χ1) is 16.0. The fraction of sp³-hybridized carbons (Fsp3) is 0.385. The number of halogens is 1. The van der Waals surface area contributed by atoms with Crippen LogP contribution in [0.15, 0.2) is 52.9 Å². The third kappa shape index (κ3) is 5.57. The number of rotatable bonds is 9. The second kappa shape index (κ2) is 10.4. The summed E-state index contributed by atoms with van der Waals surface area (Å²) in [5.41, 5.74) is 1.84. The van der Waals surface area contributed by atoms with Crippen LogP contribution in [-0.4, -0.2) is 36.4 Å². The van der Waals surface area contributed by atoms with Crippen molar-refractivity contribution < 1.29 is 23.4 Å². The van der Waals surface area contributed by atoms with Gasteiger partial charge < -0.3 is 18.6 Å². The number of aryl methyl sites for hydroxylation is 1. The van der Waals surface area contributed by atoms with Crippen molar-refractivity contribution in [1.82, 2.24) is 4.98 Å². The molecule has 1 fully saturated rings. The first-order valence-electron chi connectivity index (χ1n) is 11.2. The predicted molar refractivity (Wildman–Crippen MR) is 126 cm³/mol. The van der Waals surface area contributed by atoms with Crippen molar-refractivity contribution in [2.24, 2.45) is 0 Å². The van der Waals surface area contributed by atoms with Crippen molar-refractivity contribution in [3.8, 4) is 17.2 Å². The van der Waals surface area contributed by atoms with E-state index in [1.165, 1.54) is 0 Å². The fourth-order valence-corrected chi connectivity index (χ4v) is 4.23. The maximum atomic E-state index is 12.5. The quantitative estimate of drug-likeness (QED) is 0.381. The van der Waals surface area contributed by atoms with Crippen LogP contribution in [0.25, 0.3) is 11.5 Å². The number of nitrogens with zero attached hydrogens (tertiary/aromatic N) is 1. The maximum absolute atomic E-state index is 12.5. The molecule has 4 rings (SSSR count).